The number of fused-ring (bicyclic) bond motifs is 6. The minimum Gasteiger partial charge on any atom is -0.251 e. The normalized spacial score (nSPS) is 45.9. The van der Waals surface area contributed by atoms with Crippen LogP contribution in [0.4, 0.5) is 0 Å². The van der Waals surface area contributed by atoms with Gasteiger partial charge in [-0.2, -0.15) is 0 Å². The number of rotatable bonds is 5. The van der Waals surface area contributed by atoms with Gasteiger partial charge >= 0.3 is 0 Å². The van der Waals surface area contributed by atoms with Gasteiger partial charge < -0.3 is 0 Å². The zero-order valence-electron chi connectivity index (χ0n) is 26.6. The van der Waals surface area contributed by atoms with Crippen LogP contribution in [-0.2, 0) is 0 Å². The highest BCUT2D eigenvalue weighted by Crippen LogP contribution is 2.60. The van der Waals surface area contributed by atoms with Crippen LogP contribution >= 0.6 is 0 Å². The summed E-state index contributed by atoms with van der Waals surface area (Å²) in [4.78, 5) is 0. The Morgan fingerprint density at radius 1 is 0.690 bits per heavy atom. The number of allylic oxidation sites excluding steroid dienone is 6. The summed E-state index contributed by atoms with van der Waals surface area (Å²) in [5, 5.41) is 2.78. The minimum atomic E-state index is 0.680. The molecule has 1 N–H and O–H groups in total. The van der Waals surface area contributed by atoms with Crippen LogP contribution in [0.3, 0.4) is 0 Å². The van der Waals surface area contributed by atoms with Crippen LogP contribution in [-0.4, -0.2) is 23.6 Å². The number of nitrogens with zero attached hydrogens (tertiary/aromatic N) is 1. The molecule has 1 heterocycles. The van der Waals surface area contributed by atoms with Crippen molar-refractivity contribution in [2.24, 2.45) is 53.3 Å². The van der Waals surface area contributed by atoms with Gasteiger partial charge in [0, 0.05) is 18.6 Å². The summed E-state index contributed by atoms with van der Waals surface area (Å²) in [5.74, 6) is 8.56. The van der Waals surface area contributed by atoms with Crippen molar-refractivity contribution in [3.8, 4) is 0 Å². The third kappa shape index (κ3) is 5.59. The number of nitrogens with one attached hydrogen (secondary N) is 1. The Morgan fingerprint density at radius 3 is 2.43 bits per heavy atom. The highest BCUT2D eigenvalue weighted by Gasteiger charge is 2.52. The molecular weight excluding hydrogens is 508 g/mol. The van der Waals surface area contributed by atoms with Gasteiger partial charge in [-0.05, 0) is 169 Å². The lowest BCUT2D eigenvalue weighted by Gasteiger charge is -2.57. The van der Waals surface area contributed by atoms with Crippen molar-refractivity contribution in [3.05, 3.63) is 47.6 Å². The molecule has 42 heavy (non-hydrogen) atoms. The Morgan fingerprint density at radius 2 is 1.57 bits per heavy atom. The molecule has 230 valence electrons. The van der Waals surface area contributed by atoms with Gasteiger partial charge in [-0.3, -0.25) is 5.43 Å². The fraction of sp³-hybridized carbons (Fsp3) is 0.800. The van der Waals surface area contributed by atoms with Gasteiger partial charge in [0.05, 0.1) is 0 Å². The first-order chi connectivity index (χ1) is 20.8. The molecule has 0 bridgehead atoms. The second-order valence-electron chi connectivity index (χ2n) is 16.3. The fourth-order valence-corrected chi connectivity index (χ4v) is 12.3. The summed E-state index contributed by atoms with van der Waals surface area (Å²) < 4.78 is 0. The average molecular weight is 569 g/mol. The Hall–Kier alpha value is -1.12. The quantitative estimate of drug-likeness (QED) is 0.332. The summed E-state index contributed by atoms with van der Waals surface area (Å²) in [5.41, 5.74) is 7.79. The highest BCUT2D eigenvalue weighted by atomic mass is 15.6. The van der Waals surface area contributed by atoms with E-state index in [-0.39, 0.29) is 0 Å². The molecule has 11 atom stereocenters. The molecule has 8 aliphatic rings. The second-order valence-corrected chi connectivity index (χ2v) is 16.3. The summed E-state index contributed by atoms with van der Waals surface area (Å²) in [6, 6.07) is 1.37. The maximum Gasteiger partial charge on any atom is 0.0344 e. The van der Waals surface area contributed by atoms with Crippen LogP contribution in [0.15, 0.2) is 47.6 Å². The molecule has 2 heteroatoms. The van der Waals surface area contributed by atoms with Gasteiger partial charge in [0.25, 0.3) is 0 Å². The van der Waals surface area contributed by atoms with E-state index >= 15 is 0 Å². The smallest absolute Gasteiger partial charge is 0.0344 e. The zero-order chi connectivity index (χ0) is 27.9. The Kier molecular flexibility index (Phi) is 8.58. The first kappa shape index (κ1) is 28.4. The number of hydrazine groups is 1. The molecule has 0 radical (unpaired) electrons. The standard InChI is InChI=1S/C40H60N2/c1-3-12-28(13-4-1)27-42-40(26-39(41-42)29-14-5-2-6-15-29)32-17-11-16-30(24-32)31-22-23-37-35-20-8-7-18-33(35)34-19-9-10-21-36(34)38(37)25-31/h2,5,10,12,21,24,29,31-41H,1,3-4,6-9,11,13-20,22-23,25-27H2. The molecule has 4 fully saturated rings. The Bertz CT molecular complexity index is 1070. The van der Waals surface area contributed by atoms with Crippen LogP contribution in [0.1, 0.15) is 128 Å². The average Bonchev–Trinajstić information content (AvgIpc) is 3.49. The van der Waals surface area contributed by atoms with Gasteiger partial charge in [0.2, 0.25) is 0 Å². The minimum absolute atomic E-state index is 0.680. The molecule has 0 amide bonds. The number of hydrogen-bond acceptors (Lipinski definition) is 2. The molecule has 0 spiro atoms. The largest absolute Gasteiger partial charge is 0.251 e. The van der Waals surface area contributed by atoms with Crippen molar-refractivity contribution in [2.45, 2.75) is 141 Å². The van der Waals surface area contributed by atoms with E-state index in [4.69, 9.17) is 0 Å². The van der Waals surface area contributed by atoms with Crippen LogP contribution in [0.5, 0.6) is 0 Å². The summed E-state index contributed by atoms with van der Waals surface area (Å²) in [7, 11) is 0. The molecule has 0 aromatic rings. The maximum atomic E-state index is 4.17. The maximum absolute atomic E-state index is 4.17. The summed E-state index contributed by atoms with van der Waals surface area (Å²) in [6.45, 7) is 1.18. The molecule has 1 aliphatic heterocycles. The van der Waals surface area contributed by atoms with E-state index in [9.17, 15) is 0 Å². The fourth-order valence-electron chi connectivity index (χ4n) is 12.3. The molecule has 2 nitrogen and oxygen atoms in total. The lowest BCUT2D eigenvalue weighted by atomic mass is 9.48. The molecule has 8 rings (SSSR count). The molecule has 7 aliphatic carbocycles. The first-order valence-electron chi connectivity index (χ1n) is 19.0. The van der Waals surface area contributed by atoms with Crippen molar-refractivity contribution in [3.63, 3.8) is 0 Å². The van der Waals surface area contributed by atoms with E-state index in [1.807, 2.05) is 5.57 Å². The van der Waals surface area contributed by atoms with Gasteiger partial charge in [-0.15, -0.1) is 0 Å². The Labute approximate surface area is 257 Å². The number of hydrogen-bond donors (Lipinski definition) is 1. The van der Waals surface area contributed by atoms with E-state index in [2.05, 4.69) is 46.9 Å². The van der Waals surface area contributed by atoms with Gasteiger partial charge in [-0.1, -0.05) is 60.4 Å². The monoisotopic (exact) mass is 568 g/mol. The van der Waals surface area contributed by atoms with Crippen molar-refractivity contribution >= 4 is 0 Å². The molecule has 11 unspecified atom stereocenters. The lowest BCUT2D eigenvalue weighted by Crippen LogP contribution is -2.50. The van der Waals surface area contributed by atoms with Crippen molar-refractivity contribution in [1.82, 2.24) is 10.4 Å². The van der Waals surface area contributed by atoms with Gasteiger partial charge in [-0.25, -0.2) is 5.01 Å². The Balaban J connectivity index is 1.01. The zero-order valence-corrected chi connectivity index (χ0v) is 26.6. The second kappa shape index (κ2) is 12.7. The molecule has 0 aromatic heterocycles. The van der Waals surface area contributed by atoms with Crippen molar-refractivity contribution in [1.29, 1.82) is 0 Å². The predicted octanol–water partition coefficient (Wildman–Crippen LogP) is 9.95. The van der Waals surface area contributed by atoms with Crippen LogP contribution in [0, 0.1) is 53.3 Å². The third-order valence-corrected chi connectivity index (χ3v) is 14.3. The van der Waals surface area contributed by atoms with Gasteiger partial charge in [0.15, 0.2) is 0 Å². The van der Waals surface area contributed by atoms with Crippen LogP contribution < -0.4 is 5.43 Å². The van der Waals surface area contributed by atoms with E-state index in [1.165, 1.54) is 122 Å². The predicted molar refractivity (Wildman–Crippen MR) is 176 cm³/mol. The topological polar surface area (TPSA) is 15.3 Å². The summed E-state index contributed by atoms with van der Waals surface area (Å²) in [6.07, 6.45) is 44.3. The highest BCUT2D eigenvalue weighted by molar-refractivity contribution is 5.19. The third-order valence-electron chi connectivity index (χ3n) is 14.3. The van der Waals surface area contributed by atoms with Gasteiger partial charge in [0.1, 0.15) is 0 Å². The van der Waals surface area contributed by atoms with Crippen molar-refractivity contribution in [2.75, 3.05) is 6.54 Å². The molecule has 3 saturated carbocycles. The molecule has 0 aromatic carbocycles. The van der Waals surface area contributed by atoms with Crippen LogP contribution in [0.2, 0.25) is 0 Å². The summed E-state index contributed by atoms with van der Waals surface area (Å²) >= 11 is 0. The van der Waals surface area contributed by atoms with Crippen LogP contribution in [0.25, 0.3) is 0 Å². The van der Waals surface area contributed by atoms with E-state index < -0.39 is 0 Å². The van der Waals surface area contributed by atoms with E-state index in [0.29, 0.717) is 12.1 Å². The van der Waals surface area contributed by atoms with E-state index in [0.717, 1.165) is 53.3 Å². The lowest BCUT2D eigenvalue weighted by molar-refractivity contribution is -0.0579. The van der Waals surface area contributed by atoms with Crippen molar-refractivity contribution < 1.29 is 0 Å². The SMILES string of the molecule is C1=CCC(C2CC(C3C=C(C4CCC5C(C4)C4C=CCCC4C4CCCCC45)CCC3)N(CC3=CCCCC3)N2)CC1. The van der Waals surface area contributed by atoms with E-state index in [1.54, 1.807) is 18.4 Å². The molecule has 1 saturated heterocycles. The molecular formula is C40H60N2. The first-order valence-corrected chi connectivity index (χ1v) is 19.0.